The van der Waals surface area contributed by atoms with Crippen LogP contribution in [-0.2, 0) is 4.79 Å². The molecule has 0 bridgehead atoms. The summed E-state index contributed by atoms with van der Waals surface area (Å²) in [7, 11) is 3.16. The Hall–Kier alpha value is -3.36. The van der Waals surface area contributed by atoms with E-state index in [1.807, 2.05) is 0 Å². The number of piperazine rings is 1. The van der Waals surface area contributed by atoms with Crippen molar-refractivity contribution in [3.63, 3.8) is 0 Å². The third-order valence-electron chi connectivity index (χ3n) is 4.29. The molecule has 1 aliphatic rings. The molecule has 0 aliphatic carbocycles. The molecule has 0 atom stereocenters. The quantitative estimate of drug-likeness (QED) is 0.761. The Balaban J connectivity index is 1.69. The molecular weight excluding hydrogens is 350 g/mol. The molecule has 9 nitrogen and oxygen atoms in total. The zero-order valence-electron chi connectivity index (χ0n) is 15.2. The Morgan fingerprint density at radius 1 is 1.11 bits per heavy atom. The van der Waals surface area contributed by atoms with Crippen molar-refractivity contribution < 1.29 is 19.1 Å². The minimum Gasteiger partial charge on any atom is -0.497 e. The van der Waals surface area contributed by atoms with Crippen molar-refractivity contribution in [3.05, 3.63) is 36.3 Å². The van der Waals surface area contributed by atoms with Gasteiger partial charge in [-0.2, -0.15) is 0 Å². The van der Waals surface area contributed by atoms with E-state index in [2.05, 4.69) is 15.3 Å². The Morgan fingerprint density at radius 3 is 2.48 bits per heavy atom. The van der Waals surface area contributed by atoms with E-state index < -0.39 is 0 Å². The van der Waals surface area contributed by atoms with Gasteiger partial charge in [-0.3, -0.25) is 9.59 Å². The van der Waals surface area contributed by atoms with Gasteiger partial charge in [0.25, 0.3) is 5.91 Å². The molecule has 0 saturated carbocycles. The molecule has 0 spiro atoms. The van der Waals surface area contributed by atoms with Gasteiger partial charge in [-0.05, 0) is 12.1 Å². The predicted octanol–water partition coefficient (Wildman–Crippen LogP) is 1.15. The van der Waals surface area contributed by atoms with Gasteiger partial charge in [0.1, 0.15) is 23.0 Å². The summed E-state index contributed by atoms with van der Waals surface area (Å²) in [6.07, 6.45) is 3.73. The first-order valence-corrected chi connectivity index (χ1v) is 8.44. The Kier molecular flexibility index (Phi) is 5.70. The third-order valence-corrected chi connectivity index (χ3v) is 4.29. The van der Waals surface area contributed by atoms with Crippen LogP contribution < -0.4 is 14.8 Å². The number of ether oxygens (including phenoxy) is 2. The number of methoxy groups -OCH3 is 2. The van der Waals surface area contributed by atoms with E-state index in [1.165, 1.54) is 12.4 Å². The van der Waals surface area contributed by atoms with E-state index in [1.54, 1.807) is 42.2 Å². The minimum atomic E-state index is -0.196. The number of benzene rings is 1. The van der Waals surface area contributed by atoms with Crippen molar-refractivity contribution in [3.8, 4) is 11.5 Å². The molecule has 1 saturated heterocycles. The van der Waals surface area contributed by atoms with Crippen LogP contribution in [0.25, 0.3) is 0 Å². The smallest absolute Gasteiger partial charge is 0.274 e. The lowest BCUT2D eigenvalue weighted by molar-refractivity contribution is -0.119. The van der Waals surface area contributed by atoms with Crippen LogP contribution in [0.3, 0.4) is 0 Å². The molecule has 2 amide bonds. The van der Waals surface area contributed by atoms with Crippen LogP contribution in [0.5, 0.6) is 11.5 Å². The largest absolute Gasteiger partial charge is 0.497 e. The zero-order valence-corrected chi connectivity index (χ0v) is 15.2. The van der Waals surface area contributed by atoms with Crippen molar-refractivity contribution in [1.29, 1.82) is 0 Å². The summed E-state index contributed by atoms with van der Waals surface area (Å²) in [4.78, 5) is 35.1. The second-order valence-electron chi connectivity index (χ2n) is 5.91. The number of anilines is 2. The number of hydrogen-bond acceptors (Lipinski definition) is 7. The molecule has 1 fully saturated rings. The predicted molar refractivity (Wildman–Crippen MR) is 98.4 cm³/mol. The molecular formula is C18H21N5O4. The van der Waals surface area contributed by atoms with Crippen LogP contribution in [0.1, 0.15) is 10.5 Å². The number of carbonyl (C=O) groups excluding carboxylic acids is 2. The van der Waals surface area contributed by atoms with Gasteiger partial charge in [-0.25, -0.2) is 9.97 Å². The lowest BCUT2D eigenvalue weighted by Crippen LogP contribution is -2.48. The van der Waals surface area contributed by atoms with Crippen LogP contribution in [0.2, 0.25) is 0 Å². The molecule has 2 heterocycles. The standard InChI is InChI=1S/C18H21N5O4/c1-26-13-3-4-16(27-2)14(9-13)21-17-11-19-15(10-20-17)18(25)23-7-5-22(12-24)6-8-23/h3-4,9-12H,5-8H2,1-2H3,(H,20,21). The number of amides is 2. The summed E-state index contributed by atoms with van der Waals surface area (Å²) in [5.74, 6) is 1.58. The van der Waals surface area contributed by atoms with E-state index in [0.717, 1.165) is 6.41 Å². The third kappa shape index (κ3) is 4.25. The highest BCUT2D eigenvalue weighted by atomic mass is 16.5. The van der Waals surface area contributed by atoms with Crippen molar-refractivity contribution in [2.24, 2.45) is 0 Å². The molecule has 1 aliphatic heterocycles. The van der Waals surface area contributed by atoms with Gasteiger partial charge in [0.05, 0.1) is 32.3 Å². The van der Waals surface area contributed by atoms with E-state index in [9.17, 15) is 9.59 Å². The molecule has 1 aromatic heterocycles. The van der Waals surface area contributed by atoms with Crippen LogP contribution in [-0.4, -0.2) is 72.5 Å². The van der Waals surface area contributed by atoms with E-state index in [4.69, 9.17) is 9.47 Å². The van der Waals surface area contributed by atoms with Gasteiger partial charge in [-0.1, -0.05) is 0 Å². The lowest BCUT2D eigenvalue weighted by atomic mass is 10.2. The van der Waals surface area contributed by atoms with Gasteiger partial charge >= 0.3 is 0 Å². The summed E-state index contributed by atoms with van der Waals surface area (Å²) in [6.45, 7) is 2.02. The first-order chi connectivity index (χ1) is 13.1. The SMILES string of the molecule is COc1ccc(OC)c(Nc2cnc(C(=O)N3CCN(C=O)CC3)cn2)c1. The van der Waals surface area contributed by atoms with E-state index in [-0.39, 0.29) is 11.6 Å². The van der Waals surface area contributed by atoms with Crippen LogP contribution >= 0.6 is 0 Å². The van der Waals surface area contributed by atoms with Gasteiger partial charge in [0.2, 0.25) is 6.41 Å². The van der Waals surface area contributed by atoms with Gasteiger partial charge in [-0.15, -0.1) is 0 Å². The summed E-state index contributed by atoms with van der Waals surface area (Å²) in [5, 5.41) is 3.11. The number of nitrogens with one attached hydrogen (secondary N) is 1. The highest BCUT2D eigenvalue weighted by Crippen LogP contribution is 2.30. The van der Waals surface area contributed by atoms with Crippen molar-refractivity contribution in [2.45, 2.75) is 0 Å². The maximum absolute atomic E-state index is 12.5. The van der Waals surface area contributed by atoms with Crippen LogP contribution in [0.15, 0.2) is 30.6 Å². The van der Waals surface area contributed by atoms with Crippen LogP contribution in [0, 0.1) is 0 Å². The van der Waals surface area contributed by atoms with Crippen molar-refractivity contribution in [2.75, 3.05) is 45.7 Å². The molecule has 1 aromatic carbocycles. The second kappa shape index (κ2) is 8.35. The highest BCUT2D eigenvalue weighted by molar-refractivity contribution is 5.92. The van der Waals surface area contributed by atoms with E-state index >= 15 is 0 Å². The molecule has 2 aromatic rings. The normalized spacial score (nSPS) is 13.9. The van der Waals surface area contributed by atoms with Crippen LogP contribution in [0.4, 0.5) is 11.5 Å². The highest BCUT2D eigenvalue weighted by Gasteiger charge is 2.22. The maximum atomic E-state index is 12.5. The molecule has 9 heteroatoms. The Labute approximate surface area is 156 Å². The summed E-state index contributed by atoms with van der Waals surface area (Å²) in [5.41, 5.74) is 0.938. The number of carbonyl (C=O) groups is 2. The number of hydrogen-bond donors (Lipinski definition) is 1. The number of nitrogens with zero attached hydrogens (tertiary/aromatic N) is 4. The maximum Gasteiger partial charge on any atom is 0.274 e. The van der Waals surface area contributed by atoms with Crippen molar-refractivity contribution in [1.82, 2.24) is 19.8 Å². The molecule has 142 valence electrons. The topological polar surface area (TPSA) is 96.9 Å². The van der Waals surface area contributed by atoms with Gasteiger partial charge in [0, 0.05) is 32.2 Å². The molecule has 1 N–H and O–H groups in total. The molecule has 27 heavy (non-hydrogen) atoms. The zero-order chi connectivity index (χ0) is 19.2. The Morgan fingerprint density at radius 2 is 1.89 bits per heavy atom. The summed E-state index contributed by atoms with van der Waals surface area (Å²) in [6, 6.07) is 5.36. The average molecular weight is 371 g/mol. The lowest BCUT2D eigenvalue weighted by Gasteiger charge is -2.32. The molecule has 0 radical (unpaired) electrons. The fourth-order valence-corrected chi connectivity index (χ4v) is 2.75. The van der Waals surface area contributed by atoms with Crippen molar-refractivity contribution >= 4 is 23.8 Å². The number of rotatable bonds is 6. The fraction of sp³-hybridized carbons (Fsp3) is 0.333. The monoisotopic (exact) mass is 371 g/mol. The first kappa shape index (κ1) is 18.4. The average Bonchev–Trinajstić information content (AvgIpc) is 2.73. The summed E-state index contributed by atoms with van der Waals surface area (Å²) < 4.78 is 10.5. The molecule has 0 unspecified atom stereocenters. The summed E-state index contributed by atoms with van der Waals surface area (Å²) >= 11 is 0. The van der Waals surface area contributed by atoms with E-state index in [0.29, 0.717) is 49.2 Å². The second-order valence-corrected chi connectivity index (χ2v) is 5.91. The van der Waals surface area contributed by atoms with Gasteiger partial charge in [0.15, 0.2) is 0 Å². The first-order valence-electron chi connectivity index (χ1n) is 8.44. The molecule has 3 rings (SSSR count). The fourth-order valence-electron chi connectivity index (χ4n) is 2.75. The minimum absolute atomic E-state index is 0.196. The van der Waals surface area contributed by atoms with Gasteiger partial charge < -0.3 is 24.6 Å². The number of aromatic nitrogens is 2. The Bertz CT molecular complexity index is 804.